The number of Topliss-reactive ketones (excluding diaryl/α,β-unsaturated/α-hetero) is 1. The van der Waals surface area contributed by atoms with Gasteiger partial charge >= 0.3 is 0 Å². The zero-order chi connectivity index (χ0) is 22.2. The minimum absolute atomic E-state index is 0.0685. The molecule has 31 heavy (non-hydrogen) atoms. The van der Waals surface area contributed by atoms with Gasteiger partial charge in [-0.3, -0.25) is 4.79 Å². The first-order valence-corrected chi connectivity index (χ1v) is 10.9. The highest BCUT2D eigenvalue weighted by atomic mass is 79.9. The van der Waals surface area contributed by atoms with Gasteiger partial charge < -0.3 is 10.6 Å². The van der Waals surface area contributed by atoms with E-state index in [1.54, 1.807) is 43.3 Å². The fraction of sp³-hybridized carbons (Fsp3) is 0.240. The zero-order valence-corrected chi connectivity index (χ0v) is 18.8. The molecule has 1 saturated heterocycles. The Morgan fingerprint density at radius 1 is 0.871 bits per heavy atom. The summed E-state index contributed by atoms with van der Waals surface area (Å²) in [6.07, 6.45) is 0. The topological polar surface area (TPSA) is 41.1 Å². The Bertz CT molecular complexity index is 924. The number of benzene rings is 3. The van der Waals surface area contributed by atoms with Gasteiger partial charge in [-0.05, 0) is 54.4 Å². The minimum Gasteiger partial charge on any atom is -0.314 e. The molecule has 0 saturated carbocycles. The fourth-order valence-corrected chi connectivity index (χ4v) is 3.86. The average Bonchev–Trinajstić information content (AvgIpc) is 2.78. The SMILES string of the molecule is CC(=O)c1ccc(Br)cc1.Fc1ccc(C(c2ccc(F)cc2)C2CNCCN2)cc1. The summed E-state index contributed by atoms with van der Waals surface area (Å²) in [5.74, 6) is -0.316. The monoisotopic (exact) mass is 486 g/mol. The molecule has 0 aromatic heterocycles. The molecule has 0 aliphatic carbocycles. The van der Waals surface area contributed by atoms with Gasteiger partial charge in [-0.25, -0.2) is 8.78 Å². The second-order valence-corrected chi connectivity index (χ2v) is 8.32. The maximum atomic E-state index is 13.2. The standard InChI is InChI=1S/C17H18F2N2.C8H7BrO/c18-14-5-1-12(2-6-14)17(16-11-20-9-10-21-16)13-3-7-15(19)8-4-13;1-6(10)7-2-4-8(9)5-3-7/h1-8,16-17,20-21H,9-11H2;2-5H,1H3. The van der Waals surface area contributed by atoms with E-state index >= 15 is 0 Å². The van der Waals surface area contributed by atoms with Crippen molar-refractivity contribution in [1.82, 2.24) is 10.6 Å². The predicted octanol–water partition coefficient (Wildman–Crippen LogP) is 5.31. The van der Waals surface area contributed by atoms with Crippen LogP contribution in [0.25, 0.3) is 0 Å². The number of piperazine rings is 1. The number of rotatable bonds is 4. The van der Waals surface area contributed by atoms with E-state index in [-0.39, 0.29) is 29.4 Å². The first-order valence-electron chi connectivity index (χ1n) is 10.2. The number of halogens is 3. The van der Waals surface area contributed by atoms with Crippen molar-refractivity contribution in [3.8, 4) is 0 Å². The molecule has 6 heteroatoms. The summed E-state index contributed by atoms with van der Waals surface area (Å²) in [6.45, 7) is 4.22. The number of carbonyl (C=O) groups is 1. The third kappa shape index (κ3) is 6.79. The van der Waals surface area contributed by atoms with Gasteiger partial charge in [-0.15, -0.1) is 0 Å². The second-order valence-electron chi connectivity index (χ2n) is 7.41. The van der Waals surface area contributed by atoms with Crippen LogP contribution >= 0.6 is 15.9 Å². The van der Waals surface area contributed by atoms with E-state index in [0.29, 0.717) is 0 Å². The van der Waals surface area contributed by atoms with E-state index in [1.807, 2.05) is 12.1 Å². The lowest BCUT2D eigenvalue weighted by Gasteiger charge is -2.32. The van der Waals surface area contributed by atoms with E-state index in [2.05, 4.69) is 26.6 Å². The predicted molar refractivity (Wildman–Crippen MR) is 123 cm³/mol. The van der Waals surface area contributed by atoms with Gasteiger partial charge in [0.2, 0.25) is 0 Å². The van der Waals surface area contributed by atoms with Crippen molar-refractivity contribution in [1.29, 1.82) is 0 Å². The fourth-order valence-electron chi connectivity index (χ4n) is 3.59. The van der Waals surface area contributed by atoms with E-state index in [1.165, 1.54) is 24.3 Å². The third-order valence-corrected chi connectivity index (χ3v) is 5.71. The maximum absolute atomic E-state index is 13.2. The van der Waals surface area contributed by atoms with Crippen LogP contribution in [0.2, 0.25) is 0 Å². The Kier molecular flexibility index (Phi) is 8.46. The van der Waals surface area contributed by atoms with Crippen LogP contribution in [0, 0.1) is 11.6 Å². The van der Waals surface area contributed by atoms with Crippen molar-refractivity contribution in [2.24, 2.45) is 0 Å². The van der Waals surface area contributed by atoms with Crippen LogP contribution in [-0.4, -0.2) is 31.5 Å². The smallest absolute Gasteiger partial charge is 0.159 e. The van der Waals surface area contributed by atoms with Gasteiger partial charge in [0.25, 0.3) is 0 Å². The van der Waals surface area contributed by atoms with Crippen molar-refractivity contribution in [3.05, 3.63) is 106 Å². The summed E-state index contributed by atoms with van der Waals surface area (Å²) in [4.78, 5) is 10.7. The molecule has 0 radical (unpaired) electrons. The van der Waals surface area contributed by atoms with Crippen molar-refractivity contribution in [2.45, 2.75) is 18.9 Å². The molecular weight excluding hydrogens is 462 g/mol. The average molecular weight is 487 g/mol. The molecule has 1 unspecified atom stereocenters. The third-order valence-electron chi connectivity index (χ3n) is 5.18. The summed E-state index contributed by atoms with van der Waals surface area (Å²) in [7, 11) is 0. The molecule has 0 bridgehead atoms. The Morgan fingerprint density at radius 2 is 1.39 bits per heavy atom. The first kappa shape index (κ1) is 23.3. The highest BCUT2D eigenvalue weighted by Gasteiger charge is 2.26. The van der Waals surface area contributed by atoms with Gasteiger partial charge in [0, 0.05) is 41.6 Å². The molecular formula is C25H25BrF2N2O. The summed E-state index contributed by atoms with van der Waals surface area (Å²) < 4.78 is 27.3. The lowest BCUT2D eigenvalue weighted by atomic mass is 9.84. The molecule has 1 aliphatic heterocycles. The molecule has 3 nitrogen and oxygen atoms in total. The van der Waals surface area contributed by atoms with Crippen LogP contribution < -0.4 is 10.6 Å². The van der Waals surface area contributed by atoms with Crippen LogP contribution in [0.4, 0.5) is 8.78 Å². The van der Waals surface area contributed by atoms with Gasteiger partial charge in [0.1, 0.15) is 11.6 Å². The van der Waals surface area contributed by atoms with Crippen LogP contribution in [0.5, 0.6) is 0 Å². The summed E-state index contributed by atoms with van der Waals surface area (Å²) in [5, 5.41) is 6.86. The van der Waals surface area contributed by atoms with Gasteiger partial charge in [0.05, 0.1) is 0 Å². The van der Waals surface area contributed by atoms with Crippen LogP contribution in [0.1, 0.15) is 34.3 Å². The quantitative estimate of drug-likeness (QED) is 0.491. The van der Waals surface area contributed by atoms with Crippen LogP contribution in [0.15, 0.2) is 77.3 Å². The molecule has 0 amide bonds. The number of hydrogen-bond acceptors (Lipinski definition) is 3. The van der Waals surface area contributed by atoms with Crippen molar-refractivity contribution < 1.29 is 13.6 Å². The number of nitrogens with one attached hydrogen (secondary N) is 2. The van der Waals surface area contributed by atoms with E-state index in [4.69, 9.17) is 0 Å². The number of carbonyl (C=O) groups excluding carboxylic acids is 1. The van der Waals surface area contributed by atoms with Crippen LogP contribution in [-0.2, 0) is 0 Å². The Labute approximate surface area is 190 Å². The van der Waals surface area contributed by atoms with E-state index < -0.39 is 0 Å². The molecule has 1 aliphatic rings. The normalized spacial score (nSPS) is 15.8. The summed E-state index contributed by atoms with van der Waals surface area (Å²) in [6, 6.07) is 20.6. The number of ketones is 1. The van der Waals surface area contributed by atoms with Crippen LogP contribution in [0.3, 0.4) is 0 Å². The van der Waals surface area contributed by atoms with Crippen molar-refractivity contribution in [3.63, 3.8) is 0 Å². The molecule has 4 rings (SSSR count). The van der Waals surface area contributed by atoms with Gasteiger partial charge in [-0.2, -0.15) is 0 Å². The first-order chi connectivity index (χ1) is 14.9. The highest BCUT2D eigenvalue weighted by Crippen LogP contribution is 2.29. The molecule has 3 aromatic rings. The van der Waals surface area contributed by atoms with E-state index in [0.717, 1.165) is 40.8 Å². The molecule has 1 atom stereocenters. The maximum Gasteiger partial charge on any atom is 0.159 e. The lowest BCUT2D eigenvalue weighted by molar-refractivity contribution is 0.101. The zero-order valence-electron chi connectivity index (χ0n) is 17.2. The molecule has 0 spiro atoms. The number of hydrogen-bond donors (Lipinski definition) is 2. The van der Waals surface area contributed by atoms with Crippen molar-refractivity contribution in [2.75, 3.05) is 19.6 Å². The minimum atomic E-state index is -0.244. The Balaban J connectivity index is 0.000000229. The summed E-state index contributed by atoms with van der Waals surface area (Å²) >= 11 is 3.28. The highest BCUT2D eigenvalue weighted by molar-refractivity contribution is 9.10. The lowest BCUT2D eigenvalue weighted by Crippen LogP contribution is -2.51. The summed E-state index contributed by atoms with van der Waals surface area (Å²) in [5.41, 5.74) is 2.82. The second kappa shape index (κ2) is 11.3. The van der Waals surface area contributed by atoms with Crippen molar-refractivity contribution >= 4 is 21.7 Å². The van der Waals surface area contributed by atoms with Gasteiger partial charge in [0.15, 0.2) is 5.78 Å². The van der Waals surface area contributed by atoms with E-state index in [9.17, 15) is 13.6 Å². The molecule has 162 valence electrons. The molecule has 2 N–H and O–H groups in total. The Morgan fingerprint density at radius 3 is 1.81 bits per heavy atom. The Hall–Kier alpha value is -2.41. The molecule has 3 aromatic carbocycles. The molecule has 1 fully saturated rings. The molecule has 1 heterocycles. The largest absolute Gasteiger partial charge is 0.314 e. The van der Waals surface area contributed by atoms with Gasteiger partial charge in [-0.1, -0.05) is 52.3 Å².